The van der Waals surface area contributed by atoms with Crippen LogP contribution in [0.4, 0.5) is 13.2 Å². The van der Waals surface area contributed by atoms with Gasteiger partial charge in [-0.2, -0.15) is 0 Å². The number of carbonyl (C=O) groups is 1. The predicted octanol–water partition coefficient (Wildman–Crippen LogP) is 4.43. The number of benzene rings is 1. The summed E-state index contributed by atoms with van der Waals surface area (Å²) >= 11 is 0.395. The maximum absolute atomic E-state index is 13.1. The summed E-state index contributed by atoms with van der Waals surface area (Å²) in [6.45, 7) is 1.60. The molecule has 0 fully saturated rings. The number of carboxylic acids is 1. The van der Waals surface area contributed by atoms with Crippen molar-refractivity contribution < 1.29 is 23.1 Å². The van der Waals surface area contributed by atoms with Crippen LogP contribution in [0.2, 0.25) is 0 Å². The number of thiophene rings is 1. The number of aryl methyl sites for hydroxylation is 1. The Balaban J connectivity index is 2.11. The summed E-state index contributed by atoms with van der Waals surface area (Å²) in [6.07, 6.45) is -4.50. The van der Waals surface area contributed by atoms with Gasteiger partial charge >= 0.3 is 156 Å². The first kappa shape index (κ1) is 18.4. The topological polar surface area (TPSA) is 74.0 Å². The van der Waals surface area contributed by atoms with Gasteiger partial charge in [-0.05, 0) is 0 Å². The molecule has 0 atom stereocenters. The number of hydrogen-bond acceptors (Lipinski definition) is 4. The maximum atomic E-state index is 13.1. The van der Waals surface area contributed by atoms with Gasteiger partial charge in [-0.1, -0.05) is 0 Å². The fourth-order valence-electron chi connectivity index (χ4n) is 2.43. The number of nitriles is 1. The first-order chi connectivity index (χ1) is 12.2. The van der Waals surface area contributed by atoms with Gasteiger partial charge in [-0.3, -0.25) is 0 Å². The van der Waals surface area contributed by atoms with Crippen LogP contribution in [0.5, 0.6) is 0 Å². The van der Waals surface area contributed by atoms with Crippen molar-refractivity contribution in [2.75, 3.05) is 0 Å². The van der Waals surface area contributed by atoms with Gasteiger partial charge in [-0.15, -0.1) is 0 Å². The van der Waals surface area contributed by atoms with E-state index in [1.165, 1.54) is 17.5 Å². The molecular weight excluding hydrogens is 432 g/mol. The molecule has 0 saturated carbocycles. The Kier molecular flexibility index (Phi) is 4.76. The van der Waals surface area contributed by atoms with Crippen LogP contribution in [0.15, 0.2) is 29.6 Å². The van der Waals surface area contributed by atoms with Gasteiger partial charge in [0.1, 0.15) is 0 Å². The van der Waals surface area contributed by atoms with E-state index >= 15 is 0 Å². The molecule has 9 heteroatoms. The fraction of sp³-hybridized carbons (Fsp3) is 0.118. The molecule has 0 aliphatic carbocycles. The molecule has 1 N–H and O–H groups in total. The standard InChI is InChI=1S/C17H9F3N2O2SSe/c1-8-14(16(23)24)26-15(22-8)9-2-3-11(10(6-9)7-21)13-12(4-5-25-13)17(18,19)20/h2-6H,1H3,(H,23,24). The molecular formula is C17H9F3N2O2SSe. The molecule has 0 spiro atoms. The Morgan fingerprint density at radius 1 is 1.35 bits per heavy atom. The molecule has 0 aliphatic rings. The zero-order chi connectivity index (χ0) is 19.1. The van der Waals surface area contributed by atoms with E-state index in [1.807, 2.05) is 6.07 Å². The van der Waals surface area contributed by atoms with Crippen LogP contribution < -0.4 is 0 Å². The second kappa shape index (κ2) is 6.72. The summed E-state index contributed by atoms with van der Waals surface area (Å²) in [5.74, 6) is -1.04. The van der Waals surface area contributed by atoms with Gasteiger partial charge in [0.25, 0.3) is 0 Å². The van der Waals surface area contributed by atoms with Crippen LogP contribution in [0.3, 0.4) is 0 Å². The summed E-state index contributed by atoms with van der Waals surface area (Å²) in [7, 11) is 0. The van der Waals surface area contributed by atoms with Gasteiger partial charge in [0, 0.05) is 0 Å². The number of nitrogens with zero attached hydrogens (tertiary/aromatic N) is 2. The third-order valence-electron chi connectivity index (χ3n) is 3.59. The zero-order valence-corrected chi connectivity index (χ0v) is 15.6. The zero-order valence-electron chi connectivity index (χ0n) is 13.1. The van der Waals surface area contributed by atoms with Crippen molar-refractivity contribution in [1.82, 2.24) is 4.98 Å². The quantitative estimate of drug-likeness (QED) is 0.611. The van der Waals surface area contributed by atoms with Crippen LogP contribution in [-0.2, 0) is 6.18 Å². The van der Waals surface area contributed by atoms with Gasteiger partial charge in [0.2, 0.25) is 0 Å². The average molecular weight is 441 g/mol. The summed E-state index contributed by atoms with van der Waals surface area (Å²) in [6, 6.07) is 7.43. The van der Waals surface area contributed by atoms with Gasteiger partial charge in [0.05, 0.1) is 0 Å². The van der Waals surface area contributed by atoms with Crippen LogP contribution in [0, 0.1) is 18.3 Å². The second-order valence-corrected chi connectivity index (χ2v) is 8.28. The SMILES string of the molecule is Cc1nc(-c2ccc(-c3sccc3C(F)(F)F)c(C#N)c2)[se]c1C(=O)O. The Hall–Kier alpha value is -2.40. The Morgan fingerprint density at radius 2 is 2.08 bits per heavy atom. The molecule has 2 heterocycles. The molecule has 0 amide bonds. The van der Waals surface area contributed by atoms with Gasteiger partial charge in [0.15, 0.2) is 0 Å². The predicted molar refractivity (Wildman–Crippen MR) is 91.3 cm³/mol. The summed E-state index contributed by atoms with van der Waals surface area (Å²) in [4.78, 5) is 15.4. The van der Waals surface area contributed by atoms with Crippen LogP contribution in [0.25, 0.3) is 20.6 Å². The van der Waals surface area contributed by atoms with Crippen LogP contribution in [-0.4, -0.2) is 30.6 Å². The average Bonchev–Trinajstić information content (AvgIpc) is 3.20. The van der Waals surface area contributed by atoms with Crippen LogP contribution >= 0.6 is 11.3 Å². The summed E-state index contributed by atoms with van der Waals surface area (Å²) in [5, 5.41) is 19.9. The van der Waals surface area contributed by atoms with E-state index in [0.29, 0.717) is 15.8 Å². The molecule has 3 rings (SSSR count). The molecule has 0 unspecified atom stereocenters. The number of rotatable bonds is 3. The molecule has 4 nitrogen and oxygen atoms in total. The van der Waals surface area contributed by atoms with Crippen LogP contribution in [0.1, 0.15) is 26.1 Å². The minimum absolute atomic E-state index is 0.0139. The van der Waals surface area contributed by atoms with E-state index in [0.717, 1.165) is 17.4 Å². The molecule has 26 heavy (non-hydrogen) atoms. The number of halogens is 3. The van der Waals surface area contributed by atoms with Gasteiger partial charge in [-0.25, -0.2) is 0 Å². The minimum atomic E-state index is -4.50. The van der Waals surface area contributed by atoms with Crippen molar-refractivity contribution in [3.8, 4) is 26.6 Å². The second-order valence-electron chi connectivity index (χ2n) is 5.27. The van der Waals surface area contributed by atoms with Crippen molar-refractivity contribution in [3.63, 3.8) is 0 Å². The normalized spacial score (nSPS) is 11.3. The van der Waals surface area contributed by atoms with E-state index in [2.05, 4.69) is 4.98 Å². The molecule has 0 saturated heterocycles. The van der Waals surface area contributed by atoms with E-state index in [-0.39, 0.29) is 20.4 Å². The number of aromatic nitrogens is 1. The van der Waals surface area contributed by atoms with E-state index in [4.69, 9.17) is 5.11 Å². The summed E-state index contributed by atoms with van der Waals surface area (Å²) in [5.41, 5.74) is 0.474. The van der Waals surface area contributed by atoms with E-state index in [9.17, 15) is 23.2 Å². The molecule has 0 radical (unpaired) electrons. The summed E-state index contributed by atoms with van der Waals surface area (Å²) < 4.78 is 40.2. The number of hydrogen-bond donors (Lipinski definition) is 1. The molecule has 0 aliphatic heterocycles. The van der Waals surface area contributed by atoms with Crippen molar-refractivity contribution >= 4 is 31.8 Å². The number of carboxylic acid groups (broad SMARTS) is 1. The van der Waals surface area contributed by atoms with Crippen molar-refractivity contribution in [1.29, 1.82) is 5.26 Å². The number of aromatic carboxylic acids is 1. The fourth-order valence-corrected chi connectivity index (χ4v) is 5.27. The molecule has 0 bridgehead atoms. The molecule has 1 aromatic carbocycles. The first-order valence-electron chi connectivity index (χ1n) is 7.12. The van der Waals surface area contributed by atoms with Gasteiger partial charge < -0.3 is 0 Å². The molecule has 3 aromatic rings. The van der Waals surface area contributed by atoms with Crippen molar-refractivity contribution in [2.45, 2.75) is 13.1 Å². The Morgan fingerprint density at radius 3 is 2.65 bits per heavy atom. The first-order valence-corrected chi connectivity index (χ1v) is 9.72. The molecule has 2 aromatic heterocycles. The number of alkyl halides is 3. The monoisotopic (exact) mass is 442 g/mol. The Labute approximate surface area is 155 Å². The third kappa shape index (κ3) is 3.31. The van der Waals surface area contributed by atoms with Crippen molar-refractivity contribution in [2.24, 2.45) is 0 Å². The van der Waals surface area contributed by atoms with Crippen molar-refractivity contribution in [3.05, 3.63) is 50.9 Å². The Bertz CT molecular complexity index is 1050. The third-order valence-corrected chi connectivity index (χ3v) is 7.05. The van der Waals surface area contributed by atoms with E-state index < -0.39 is 32.2 Å². The van der Waals surface area contributed by atoms with E-state index in [1.54, 1.807) is 13.0 Å². The molecule has 132 valence electrons.